The van der Waals surface area contributed by atoms with E-state index in [4.69, 9.17) is 10.2 Å². The van der Waals surface area contributed by atoms with Crippen molar-refractivity contribution in [3.05, 3.63) is 164 Å². The Morgan fingerprint density at radius 1 is 0.524 bits per heavy atom. The third-order valence-electron chi connectivity index (χ3n) is 7.01. The predicted molar refractivity (Wildman–Crippen MR) is 187 cm³/mol. The molecule has 0 saturated heterocycles. The fourth-order valence-electron chi connectivity index (χ4n) is 4.77. The molecule has 0 N–H and O–H groups in total. The second-order valence-corrected chi connectivity index (χ2v) is 19.3. The van der Waals surface area contributed by atoms with Crippen molar-refractivity contribution in [1.29, 1.82) is 0 Å². The van der Waals surface area contributed by atoms with Gasteiger partial charge in [-0.15, -0.1) is 0 Å². The van der Waals surface area contributed by atoms with Gasteiger partial charge in [-0.2, -0.15) is 0 Å². The Balaban J connectivity index is 0.000000181. The zero-order valence-corrected chi connectivity index (χ0v) is 27.5. The van der Waals surface area contributed by atoms with Crippen molar-refractivity contribution in [2.24, 2.45) is 0 Å². The maximum absolute atomic E-state index is 7.19. The summed E-state index contributed by atoms with van der Waals surface area (Å²) in [5.74, 6) is 0. The third kappa shape index (κ3) is 7.59. The number of rotatable bonds is 8. The van der Waals surface area contributed by atoms with Crippen LogP contribution in [0.15, 0.2) is 164 Å². The number of hydrogen-bond donors (Lipinski definition) is 0. The summed E-state index contributed by atoms with van der Waals surface area (Å²) in [7, 11) is 6.98. The molecule has 0 nitrogen and oxygen atoms in total. The molecule has 6 rings (SSSR count). The Bertz CT molecular complexity index is 1560. The van der Waals surface area contributed by atoms with Crippen LogP contribution < -0.4 is 25.8 Å². The fourth-order valence-corrected chi connectivity index (χ4v) is 15.1. The van der Waals surface area contributed by atoms with Gasteiger partial charge in [0.2, 0.25) is 0 Å². The number of benzene rings is 6. The van der Waals surface area contributed by atoms with E-state index in [2.05, 4.69) is 178 Å². The van der Waals surface area contributed by atoms with Gasteiger partial charge >= 0.3 is 158 Å². The third-order valence-corrected chi connectivity index (χ3v) is 17.7. The van der Waals surface area contributed by atoms with Gasteiger partial charge in [0, 0.05) is 0 Å². The molecule has 0 amide bonds. The Hall–Kier alpha value is -2.78. The van der Waals surface area contributed by atoms with E-state index in [1.54, 1.807) is 0 Å². The summed E-state index contributed by atoms with van der Waals surface area (Å²) in [5.41, 5.74) is 0.731. The first-order chi connectivity index (χ1) is 20.7. The van der Waals surface area contributed by atoms with E-state index in [0.717, 1.165) is 5.66 Å². The Labute approximate surface area is 261 Å². The SMILES string of the molecule is CCC(C)P(c1ccccc1)c1ccccc1.[Cl][Ni]([c]1cccc2ccccc12)[P](c1ccccc1)c1ccccc1. The molecule has 4 heteroatoms. The number of fused-ring (bicyclic) bond motifs is 1. The van der Waals surface area contributed by atoms with Crippen LogP contribution in [0.4, 0.5) is 0 Å². The zero-order valence-electron chi connectivity index (χ0n) is 24.0. The molecule has 0 aliphatic heterocycles. The summed E-state index contributed by atoms with van der Waals surface area (Å²) < 4.78 is 1.25. The number of hydrogen-bond acceptors (Lipinski definition) is 0. The van der Waals surface area contributed by atoms with Crippen LogP contribution in [-0.4, -0.2) is 5.66 Å². The molecule has 0 heterocycles. The first-order valence-corrected chi connectivity index (χ1v) is 20.0. The van der Waals surface area contributed by atoms with Crippen molar-refractivity contribution in [2.75, 3.05) is 0 Å². The van der Waals surface area contributed by atoms with Crippen molar-refractivity contribution in [3.63, 3.8) is 0 Å². The topological polar surface area (TPSA) is 0 Å². The van der Waals surface area contributed by atoms with E-state index in [0.29, 0.717) is 0 Å². The minimum atomic E-state index is -0.654. The Morgan fingerprint density at radius 3 is 1.40 bits per heavy atom. The van der Waals surface area contributed by atoms with Gasteiger partial charge in [0.25, 0.3) is 0 Å². The van der Waals surface area contributed by atoms with E-state index in [-0.39, 0.29) is 7.92 Å². The molecule has 1 unspecified atom stereocenters. The summed E-state index contributed by atoms with van der Waals surface area (Å²) in [6.07, 6.45) is 1.23. The molecule has 0 aliphatic rings. The first-order valence-electron chi connectivity index (χ1n) is 14.2. The Morgan fingerprint density at radius 2 is 0.929 bits per heavy atom. The standard InChI is InChI=1S/C16H19P.C12H10P.C10H7.ClH.Ni/c1-3-14(2)17(15-10-6-4-7-11-15)16-12-8-5-9-13-16;1-3-7-11(8-4-1)13-12-9-5-2-6-10-12;1-2-6-10-8-4-3-7-9(10)5-1;;/h4-14H,3H2,1-2H3;1-10H;1-7H;1H;/q;-1;;;+2/p-1. The average Bonchev–Trinajstić information content (AvgIpc) is 3.07. The summed E-state index contributed by atoms with van der Waals surface area (Å²) >= 11 is -0.577. The zero-order chi connectivity index (χ0) is 29.1. The second-order valence-electron chi connectivity index (χ2n) is 9.83. The molecule has 0 aromatic heterocycles. The minimum absolute atomic E-state index is 0.212. The monoisotopic (exact) mass is 647 g/mol. The summed E-state index contributed by atoms with van der Waals surface area (Å²) in [5, 5.41) is 8.13. The quantitative estimate of drug-likeness (QED) is 0.114. The van der Waals surface area contributed by atoms with Crippen molar-refractivity contribution < 1.29 is 12.1 Å². The van der Waals surface area contributed by atoms with Gasteiger partial charge in [0.15, 0.2) is 0 Å². The van der Waals surface area contributed by atoms with E-state index in [1.165, 1.54) is 42.9 Å². The first kappa shape index (κ1) is 30.7. The predicted octanol–water partition coefficient (Wildman–Crippen LogP) is 9.20. The summed E-state index contributed by atoms with van der Waals surface area (Å²) in [6.45, 7) is 4.00. The van der Waals surface area contributed by atoms with E-state index in [1.807, 2.05) is 0 Å². The van der Waals surface area contributed by atoms with Gasteiger partial charge < -0.3 is 0 Å². The van der Waals surface area contributed by atoms with Crippen molar-refractivity contribution in [3.8, 4) is 0 Å². The molecule has 0 spiro atoms. The van der Waals surface area contributed by atoms with Crippen LogP contribution in [0.1, 0.15) is 20.3 Å². The van der Waals surface area contributed by atoms with Crippen LogP contribution >= 0.6 is 24.8 Å². The van der Waals surface area contributed by atoms with Gasteiger partial charge in [-0.1, -0.05) is 74.5 Å². The van der Waals surface area contributed by atoms with Gasteiger partial charge in [-0.25, -0.2) is 0 Å². The molecule has 0 bridgehead atoms. The van der Waals surface area contributed by atoms with Crippen molar-refractivity contribution >= 4 is 61.3 Å². The second kappa shape index (κ2) is 15.6. The van der Waals surface area contributed by atoms with E-state index >= 15 is 0 Å². The van der Waals surface area contributed by atoms with Gasteiger partial charge in [0.1, 0.15) is 0 Å². The molecular weight excluding hydrogens is 613 g/mol. The van der Waals surface area contributed by atoms with Crippen LogP contribution in [0.2, 0.25) is 0 Å². The molecule has 6 aromatic carbocycles. The molecule has 0 saturated carbocycles. The summed E-state index contributed by atoms with van der Waals surface area (Å²) in [6, 6.07) is 58.2. The molecule has 215 valence electrons. The van der Waals surface area contributed by atoms with Crippen LogP contribution in [0.5, 0.6) is 0 Å². The van der Waals surface area contributed by atoms with Crippen LogP contribution in [0.3, 0.4) is 0 Å². The van der Waals surface area contributed by atoms with Crippen LogP contribution in [-0.2, 0) is 12.1 Å². The molecule has 0 radical (unpaired) electrons. The normalized spacial score (nSPS) is 12.1. The van der Waals surface area contributed by atoms with Crippen molar-refractivity contribution in [2.45, 2.75) is 25.9 Å². The van der Waals surface area contributed by atoms with E-state index < -0.39 is 18.8 Å². The number of halogens is 1. The van der Waals surface area contributed by atoms with Gasteiger partial charge in [0.05, 0.1) is 0 Å². The molecular formula is C38H36ClNiP2. The van der Waals surface area contributed by atoms with Gasteiger partial charge in [-0.05, 0) is 30.6 Å². The van der Waals surface area contributed by atoms with E-state index in [9.17, 15) is 0 Å². The van der Waals surface area contributed by atoms with Crippen molar-refractivity contribution in [1.82, 2.24) is 0 Å². The molecule has 6 aromatic rings. The Kier molecular flexibility index (Phi) is 11.4. The summed E-state index contributed by atoms with van der Waals surface area (Å²) in [4.78, 5) is 0. The van der Waals surface area contributed by atoms with Crippen LogP contribution in [0.25, 0.3) is 10.8 Å². The molecule has 1 atom stereocenters. The van der Waals surface area contributed by atoms with Crippen LogP contribution in [0, 0.1) is 0 Å². The molecule has 0 fully saturated rings. The fraction of sp³-hybridized carbons (Fsp3) is 0.105. The average molecular weight is 649 g/mol. The van der Waals surface area contributed by atoms with Gasteiger partial charge in [-0.3, -0.25) is 0 Å². The maximum atomic E-state index is 7.19. The molecule has 42 heavy (non-hydrogen) atoms. The molecule has 0 aliphatic carbocycles.